The summed E-state index contributed by atoms with van der Waals surface area (Å²) in [4.78, 5) is 31.9. The standard InChI is InChI=1S/C24H27FN6O3/c25-20-4-1-3-17(11-20)8-9-28-31-15-19(13-29-31)22-7-6-18(12-26-22)24(34)27-14-21-5-2-10-30(21)23(33)16-32/h1,3-4,6-7,11-13,15,21,28,32H,2,5,8-10,14,16H2,(H,27,34)/t21-/m1/s1. The van der Waals surface area contributed by atoms with E-state index in [-0.39, 0.29) is 23.7 Å². The number of aromatic nitrogens is 3. The third-order valence-corrected chi connectivity index (χ3v) is 5.81. The van der Waals surface area contributed by atoms with Gasteiger partial charge in [-0.25, -0.2) is 4.39 Å². The molecule has 0 bridgehead atoms. The second-order valence-electron chi connectivity index (χ2n) is 8.15. The minimum Gasteiger partial charge on any atom is -0.387 e. The van der Waals surface area contributed by atoms with Gasteiger partial charge >= 0.3 is 0 Å². The van der Waals surface area contributed by atoms with Crippen molar-refractivity contribution in [1.82, 2.24) is 25.1 Å². The van der Waals surface area contributed by atoms with Crippen LogP contribution in [0, 0.1) is 5.82 Å². The van der Waals surface area contributed by atoms with Crippen molar-refractivity contribution in [2.75, 3.05) is 31.7 Å². The van der Waals surface area contributed by atoms with Crippen molar-refractivity contribution in [2.24, 2.45) is 0 Å². The molecule has 0 saturated carbocycles. The maximum atomic E-state index is 13.3. The number of nitrogens with one attached hydrogen (secondary N) is 2. The first kappa shape index (κ1) is 23.4. The number of likely N-dealkylation sites (tertiary alicyclic amines) is 1. The van der Waals surface area contributed by atoms with Crippen LogP contribution in [0.2, 0.25) is 0 Å². The van der Waals surface area contributed by atoms with Gasteiger partial charge < -0.3 is 20.7 Å². The van der Waals surface area contributed by atoms with Crippen LogP contribution in [0.1, 0.15) is 28.8 Å². The van der Waals surface area contributed by atoms with Crippen molar-refractivity contribution in [3.05, 3.63) is 71.9 Å². The maximum Gasteiger partial charge on any atom is 0.252 e. The summed E-state index contributed by atoms with van der Waals surface area (Å²) in [5.74, 6) is -0.830. The van der Waals surface area contributed by atoms with Crippen molar-refractivity contribution in [1.29, 1.82) is 0 Å². The summed E-state index contributed by atoms with van der Waals surface area (Å²) in [5, 5.41) is 16.2. The second-order valence-corrected chi connectivity index (χ2v) is 8.15. The first-order valence-corrected chi connectivity index (χ1v) is 11.2. The third-order valence-electron chi connectivity index (χ3n) is 5.81. The predicted octanol–water partition coefficient (Wildman–Crippen LogP) is 1.58. The van der Waals surface area contributed by atoms with E-state index < -0.39 is 6.61 Å². The van der Waals surface area contributed by atoms with Gasteiger partial charge in [-0.1, -0.05) is 12.1 Å². The van der Waals surface area contributed by atoms with Gasteiger partial charge in [0.2, 0.25) is 5.91 Å². The normalized spacial score (nSPS) is 15.4. The van der Waals surface area contributed by atoms with E-state index in [0.29, 0.717) is 37.3 Å². The van der Waals surface area contributed by atoms with Crippen LogP contribution < -0.4 is 10.7 Å². The summed E-state index contributed by atoms with van der Waals surface area (Å²) in [6.07, 6.45) is 7.27. The van der Waals surface area contributed by atoms with Gasteiger partial charge in [-0.05, 0) is 49.1 Å². The molecule has 178 valence electrons. The number of halogens is 1. The Balaban J connectivity index is 1.28. The lowest BCUT2D eigenvalue weighted by atomic mass is 10.1. The molecule has 1 aromatic carbocycles. The number of aliphatic hydroxyl groups excluding tert-OH is 1. The van der Waals surface area contributed by atoms with Gasteiger partial charge in [0.25, 0.3) is 5.91 Å². The number of pyridine rings is 1. The van der Waals surface area contributed by atoms with E-state index in [9.17, 15) is 14.0 Å². The van der Waals surface area contributed by atoms with Gasteiger partial charge in [0.1, 0.15) is 12.4 Å². The first-order chi connectivity index (χ1) is 16.5. The highest BCUT2D eigenvalue weighted by Gasteiger charge is 2.28. The number of carbonyl (C=O) groups is 2. The molecule has 0 aliphatic carbocycles. The minimum atomic E-state index is -0.519. The van der Waals surface area contributed by atoms with Crippen LogP contribution in [0.4, 0.5) is 4.39 Å². The molecule has 0 radical (unpaired) electrons. The average Bonchev–Trinajstić information content (AvgIpc) is 3.52. The molecule has 0 spiro atoms. The zero-order valence-electron chi connectivity index (χ0n) is 18.7. The number of hydrogen-bond acceptors (Lipinski definition) is 6. The molecule has 1 aliphatic rings. The highest BCUT2D eigenvalue weighted by molar-refractivity contribution is 5.94. The van der Waals surface area contributed by atoms with E-state index in [4.69, 9.17) is 5.11 Å². The van der Waals surface area contributed by atoms with Crippen LogP contribution in [-0.2, 0) is 11.2 Å². The van der Waals surface area contributed by atoms with Crippen LogP contribution in [0.5, 0.6) is 0 Å². The molecule has 3 aromatic rings. The summed E-state index contributed by atoms with van der Waals surface area (Å²) in [5.41, 5.74) is 5.91. The highest BCUT2D eigenvalue weighted by Crippen LogP contribution is 2.18. The predicted molar refractivity (Wildman–Crippen MR) is 124 cm³/mol. The van der Waals surface area contributed by atoms with E-state index in [2.05, 4.69) is 20.8 Å². The van der Waals surface area contributed by atoms with Crippen molar-refractivity contribution in [3.8, 4) is 11.3 Å². The quantitative estimate of drug-likeness (QED) is 0.442. The van der Waals surface area contributed by atoms with E-state index in [1.54, 1.807) is 40.3 Å². The van der Waals surface area contributed by atoms with Crippen molar-refractivity contribution >= 4 is 11.8 Å². The summed E-state index contributed by atoms with van der Waals surface area (Å²) in [7, 11) is 0. The van der Waals surface area contributed by atoms with Gasteiger partial charge in [-0.2, -0.15) is 9.89 Å². The molecule has 3 heterocycles. The third kappa shape index (κ3) is 5.76. The molecule has 1 fully saturated rings. The number of amides is 2. The molecule has 9 nitrogen and oxygen atoms in total. The molecular formula is C24H27FN6O3. The van der Waals surface area contributed by atoms with E-state index in [0.717, 1.165) is 24.0 Å². The van der Waals surface area contributed by atoms with Crippen LogP contribution in [0.3, 0.4) is 0 Å². The molecule has 1 atom stereocenters. The van der Waals surface area contributed by atoms with Gasteiger partial charge in [0, 0.05) is 37.4 Å². The fourth-order valence-electron chi connectivity index (χ4n) is 4.03. The molecule has 0 unspecified atom stereocenters. The van der Waals surface area contributed by atoms with Crippen molar-refractivity contribution in [2.45, 2.75) is 25.3 Å². The molecule has 10 heteroatoms. The van der Waals surface area contributed by atoms with Crippen molar-refractivity contribution in [3.63, 3.8) is 0 Å². The summed E-state index contributed by atoms with van der Waals surface area (Å²) in [6.45, 7) is 0.998. The summed E-state index contributed by atoms with van der Waals surface area (Å²) in [6, 6.07) is 9.83. The Morgan fingerprint density at radius 1 is 1.21 bits per heavy atom. The molecular weight excluding hydrogens is 439 g/mol. The maximum absolute atomic E-state index is 13.3. The number of carbonyl (C=O) groups excluding carboxylic acids is 2. The molecule has 2 aromatic heterocycles. The zero-order chi connectivity index (χ0) is 23.9. The highest BCUT2D eigenvalue weighted by atomic mass is 19.1. The Bertz CT molecular complexity index is 1130. The average molecular weight is 467 g/mol. The Kier molecular flexibility index (Phi) is 7.48. The lowest BCUT2D eigenvalue weighted by Gasteiger charge is -2.24. The Morgan fingerprint density at radius 3 is 2.85 bits per heavy atom. The zero-order valence-corrected chi connectivity index (χ0v) is 18.7. The van der Waals surface area contributed by atoms with Crippen LogP contribution in [0.15, 0.2) is 55.0 Å². The number of aliphatic hydroxyl groups is 1. The Labute approximate surface area is 196 Å². The lowest BCUT2D eigenvalue weighted by molar-refractivity contribution is -0.134. The molecule has 1 saturated heterocycles. The number of hydrogen-bond donors (Lipinski definition) is 3. The number of rotatable bonds is 9. The molecule has 1 aliphatic heterocycles. The minimum absolute atomic E-state index is 0.102. The fourth-order valence-corrected chi connectivity index (χ4v) is 4.03. The summed E-state index contributed by atoms with van der Waals surface area (Å²) < 4.78 is 13.3. The lowest BCUT2D eigenvalue weighted by Crippen LogP contribution is -2.44. The monoisotopic (exact) mass is 466 g/mol. The largest absolute Gasteiger partial charge is 0.387 e. The van der Waals surface area contributed by atoms with Crippen LogP contribution in [0.25, 0.3) is 11.3 Å². The molecule has 4 rings (SSSR count). The van der Waals surface area contributed by atoms with Crippen LogP contribution in [-0.4, -0.2) is 69.0 Å². The SMILES string of the molecule is O=C(NC[C@H]1CCCN1C(=O)CO)c1ccc(-c2cnn(NCCc3cccc(F)c3)c2)nc1. The van der Waals surface area contributed by atoms with Gasteiger partial charge in [0.15, 0.2) is 0 Å². The smallest absolute Gasteiger partial charge is 0.252 e. The second kappa shape index (κ2) is 10.9. The van der Waals surface area contributed by atoms with Gasteiger partial charge in [-0.15, -0.1) is 0 Å². The summed E-state index contributed by atoms with van der Waals surface area (Å²) >= 11 is 0. The molecule has 3 N–H and O–H groups in total. The van der Waals surface area contributed by atoms with E-state index >= 15 is 0 Å². The Morgan fingerprint density at radius 2 is 2.09 bits per heavy atom. The van der Waals surface area contributed by atoms with Crippen molar-refractivity contribution < 1.29 is 19.1 Å². The first-order valence-electron chi connectivity index (χ1n) is 11.2. The number of benzene rings is 1. The molecule has 2 amide bonds. The topological polar surface area (TPSA) is 112 Å². The Hall–Kier alpha value is -3.79. The van der Waals surface area contributed by atoms with Crippen LogP contribution >= 0.6 is 0 Å². The fraction of sp³-hybridized carbons (Fsp3) is 0.333. The van der Waals surface area contributed by atoms with E-state index in [1.807, 2.05) is 6.07 Å². The van der Waals surface area contributed by atoms with Gasteiger partial charge in [-0.3, -0.25) is 14.6 Å². The van der Waals surface area contributed by atoms with Gasteiger partial charge in [0.05, 0.1) is 23.7 Å². The number of nitrogens with zero attached hydrogens (tertiary/aromatic N) is 4. The molecule has 34 heavy (non-hydrogen) atoms. The van der Waals surface area contributed by atoms with E-state index in [1.165, 1.54) is 18.3 Å².